The van der Waals surface area contributed by atoms with Crippen molar-refractivity contribution in [3.8, 4) is 11.5 Å². The van der Waals surface area contributed by atoms with Crippen molar-refractivity contribution in [1.29, 1.82) is 0 Å². The number of ether oxygens (including phenoxy) is 3. The molecule has 3 heteroatoms. The molecule has 0 saturated heterocycles. The molecule has 2 rings (SSSR count). The Kier molecular flexibility index (Phi) is 8.73. The molecular formula is C33H52O3. The van der Waals surface area contributed by atoms with E-state index in [1.807, 2.05) is 6.92 Å². The number of aryl methyl sites for hydroxylation is 2. The highest BCUT2D eigenvalue weighted by Crippen LogP contribution is 2.41. The summed E-state index contributed by atoms with van der Waals surface area (Å²) in [4.78, 5) is 0. The van der Waals surface area contributed by atoms with Gasteiger partial charge in [-0.2, -0.15) is 0 Å². The van der Waals surface area contributed by atoms with E-state index in [2.05, 4.69) is 121 Å². The number of benzene rings is 2. The summed E-state index contributed by atoms with van der Waals surface area (Å²) in [5.41, 5.74) is 7.02. The fraction of sp³-hybridized carbons (Fsp3) is 0.636. The highest BCUT2D eigenvalue weighted by atomic mass is 16.8. The van der Waals surface area contributed by atoms with Gasteiger partial charge >= 0.3 is 6.48 Å². The molecule has 202 valence electrons. The van der Waals surface area contributed by atoms with E-state index in [0.29, 0.717) is 6.61 Å². The molecule has 0 amide bonds. The van der Waals surface area contributed by atoms with Crippen LogP contribution in [0.4, 0.5) is 0 Å². The van der Waals surface area contributed by atoms with E-state index >= 15 is 0 Å². The van der Waals surface area contributed by atoms with Gasteiger partial charge in [-0.05, 0) is 64.7 Å². The molecule has 0 aliphatic carbocycles. The van der Waals surface area contributed by atoms with Gasteiger partial charge in [0.1, 0.15) is 11.5 Å². The molecule has 0 atom stereocenters. The lowest BCUT2D eigenvalue weighted by Crippen LogP contribution is -2.31. The molecule has 0 heterocycles. The van der Waals surface area contributed by atoms with Gasteiger partial charge in [-0.15, -0.1) is 0 Å². The zero-order valence-electron chi connectivity index (χ0n) is 25.8. The lowest BCUT2D eigenvalue weighted by molar-refractivity contribution is -0.197. The fourth-order valence-electron chi connectivity index (χ4n) is 4.26. The van der Waals surface area contributed by atoms with Crippen molar-refractivity contribution in [3.63, 3.8) is 0 Å². The molecule has 36 heavy (non-hydrogen) atoms. The van der Waals surface area contributed by atoms with Crippen molar-refractivity contribution in [1.82, 2.24) is 0 Å². The van der Waals surface area contributed by atoms with E-state index in [9.17, 15) is 0 Å². The van der Waals surface area contributed by atoms with Crippen LogP contribution in [0.5, 0.6) is 11.5 Å². The first-order valence-corrected chi connectivity index (χ1v) is 13.4. The molecule has 3 nitrogen and oxygen atoms in total. The Balaban J connectivity index is 2.62. The molecule has 0 aliphatic rings. The van der Waals surface area contributed by atoms with Crippen LogP contribution in [0.25, 0.3) is 0 Å². The molecule has 0 aromatic heterocycles. The molecule has 0 N–H and O–H groups in total. The van der Waals surface area contributed by atoms with E-state index < -0.39 is 6.48 Å². The molecule has 0 fully saturated rings. The lowest BCUT2D eigenvalue weighted by atomic mass is 9.79. The van der Waals surface area contributed by atoms with Crippen molar-refractivity contribution in [2.45, 2.75) is 132 Å². The van der Waals surface area contributed by atoms with Crippen LogP contribution in [0.15, 0.2) is 24.3 Å². The van der Waals surface area contributed by atoms with Crippen LogP contribution in [-0.4, -0.2) is 13.1 Å². The highest BCUT2D eigenvalue weighted by Gasteiger charge is 2.30. The summed E-state index contributed by atoms with van der Waals surface area (Å²) in [6, 6.07) is 9.04. The van der Waals surface area contributed by atoms with Crippen molar-refractivity contribution in [2.75, 3.05) is 6.61 Å². The number of hydrogen-bond acceptors (Lipinski definition) is 3. The normalized spacial score (nSPS) is 13.3. The maximum absolute atomic E-state index is 6.59. The summed E-state index contributed by atoms with van der Waals surface area (Å²) in [6.45, 7) is 32.7. The molecule has 0 unspecified atom stereocenters. The third-order valence-electron chi connectivity index (χ3n) is 6.63. The molecule has 0 bridgehead atoms. The summed E-state index contributed by atoms with van der Waals surface area (Å²) < 4.78 is 19.2. The summed E-state index contributed by atoms with van der Waals surface area (Å²) >= 11 is 0. The molecule has 0 spiro atoms. The predicted molar refractivity (Wildman–Crippen MR) is 154 cm³/mol. The quantitative estimate of drug-likeness (QED) is 0.373. The van der Waals surface area contributed by atoms with Crippen LogP contribution in [0.2, 0.25) is 0 Å². The highest BCUT2D eigenvalue weighted by molar-refractivity contribution is 5.50. The standard InChI is InChI=1S/C33H52O3/c1-16-34-29(35-27-21(2)17-23(30(4,5)6)19-25(27)32(10,11)12)36-28-22(3)18-24(31(7,8)9)20-26(28)33(13,14)15/h17-20,29H,16H2,1-15H3. The molecule has 0 saturated carbocycles. The SMILES string of the molecule is CCOC(Oc1c(C)cc(C(C)(C)C)cc1C(C)(C)C)Oc1c(C)cc(C(C)(C)C)cc1C(C)(C)C. The van der Waals surface area contributed by atoms with Crippen LogP contribution in [0.3, 0.4) is 0 Å². The van der Waals surface area contributed by atoms with Gasteiger partial charge in [-0.3, -0.25) is 0 Å². The lowest BCUT2D eigenvalue weighted by Gasteiger charge is -2.32. The summed E-state index contributed by atoms with van der Waals surface area (Å²) in [6.07, 6.45) is 0. The van der Waals surface area contributed by atoms with Gasteiger partial charge in [0.25, 0.3) is 0 Å². The largest absolute Gasteiger partial charge is 0.432 e. The van der Waals surface area contributed by atoms with E-state index in [1.165, 1.54) is 11.1 Å². The monoisotopic (exact) mass is 496 g/mol. The Morgan fingerprint density at radius 1 is 0.556 bits per heavy atom. The molecule has 0 radical (unpaired) electrons. The Morgan fingerprint density at radius 3 is 1.14 bits per heavy atom. The van der Waals surface area contributed by atoms with Crippen molar-refractivity contribution >= 4 is 0 Å². The first-order chi connectivity index (χ1) is 16.2. The Labute approximate surface area is 221 Å². The van der Waals surface area contributed by atoms with Crippen LogP contribution in [0.1, 0.15) is 123 Å². The Hall–Kier alpha value is -2.00. The van der Waals surface area contributed by atoms with Crippen LogP contribution in [-0.2, 0) is 26.4 Å². The second kappa shape index (κ2) is 10.4. The topological polar surface area (TPSA) is 27.7 Å². The van der Waals surface area contributed by atoms with Crippen LogP contribution >= 0.6 is 0 Å². The number of rotatable bonds is 6. The average molecular weight is 497 g/mol. The molecule has 2 aromatic carbocycles. The predicted octanol–water partition coefficient (Wildman–Crippen LogP) is 9.27. The Bertz CT molecular complexity index is 967. The van der Waals surface area contributed by atoms with Gasteiger partial charge in [-0.1, -0.05) is 107 Å². The van der Waals surface area contributed by atoms with E-state index in [0.717, 1.165) is 33.8 Å². The van der Waals surface area contributed by atoms with Gasteiger partial charge in [0.15, 0.2) is 0 Å². The van der Waals surface area contributed by atoms with Gasteiger partial charge in [-0.25, -0.2) is 0 Å². The van der Waals surface area contributed by atoms with E-state index in [1.54, 1.807) is 0 Å². The van der Waals surface area contributed by atoms with Crippen LogP contribution < -0.4 is 9.47 Å². The minimum Gasteiger partial charge on any atom is -0.432 e. The maximum atomic E-state index is 6.59. The van der Waals surface area contributed by atoms with Gasteiger partial charge in [0.2, 0.25) is 0 Å². The fourth-order valence-corrected chi connectivity index (χ4v) is 4.26. The second-order valence-electron chi connectivity index (χ2n) is 14.3. The third-order valence-corrected chi connectivity index (χ3v) is 6.63. The zero-order valence-corrected chi connectivity index (χ0v) is 25.8. The first kappa shape index (κ1) is 30.2. The second-order valence-corrected chi connectivity index (χ2v) is 14.3. The first-order valence-electron chi connectivity index (χ1n) is 13.4. The maximum Gasteiger partial charge on any atom is 0.360 e. The smallest absolute Gasteiger partial charge is 0.360 e. The van der Waals surface area contributed by atoms with Gasteiger partial charge < -0.3 is 14.2 Å². The van der Waals surface area contributed by atoms with Crippen molar-refractivity contribution < 1.29 is 14.2 Å². The van der Waals surface area contributed by atoms with E-state index in [4.69, 9.17) is 14.2 Å². The average Bonchev–Trinajstić information content (AvgIpc) is 2.67. The molecule has 2 aromatic rings. The van der Waals surface area contributed by atoms with Crippen molar-refractivity contribution in [2.24, 2.45) is 0 Å². The van der Waals surface area contributed by atoms with Gasteiger partial charge in [0.05, 0.1) is 6.61 Å². The van der Waals surface area contributed by atoms with Gasteiger partial charge in [0, 0.05) is 11.1 Å². The van der Waals surface area contributed by atoms with E-state index in [-0.39, 0.29) is 21.7 Å². The Morgan fingerprint density at radius 2 is 0.889 bits per heavy atom. The van der Waals surface area contributed by atoms with Crippen molar-refractivity contribution in [3.05, 3.63) is 57.6 Å². The minimum absolute atomic E-state index is 0.0482. The summed E-state index contributed by atoms with van der Waals surface area (Å²) in [7, 11) is 0. The summed E-state index contributed by atoms with van der Waals surface area (Å²) in [5, 5.41) is 0. The zero-order chi connectivity index (χ0) is 27.9. The molecular weight excluding hydrogens is 444 g/mol. The third kappa shape index (κ3) is 7.28. The number of hydrogen-bond donors (Lipinski definition) is 0. The molecule has 0 aliphatic heterocycles. The summed E-state index contributed by atoms with van der Waals surface area (Å²) in [5.74, 6) is 1.69. The minimum atomic E-state index is -0.851. The van der Waals surface area contributed by atoms with Crippen LogP contribution in [0, 0.1) is 13.8 Å².